The van der Waals surface area contributed by atoms with Crippen molar-refractivity contribution in [2.45, 2.75) is 13.0 Å². The van der Waals surface area contributed by atoms with Crippen LogP contribution in [-0.2, 0) is 14.3 Å². The van der Waals surface area contributed by atoms with E-state index in [2.05, 4.69) is 0 Å². The summed E-state index contributed by atoms with van der Waals surface area (Å²) in [6, 6.07) is 7.93. The zero-order valence-electron chi connectivity index (χ0n) is 14.4. The van der Waals surface area contributed by atoms with Crippen molar-refractivity contribution in [2.75, 3.05) is 19.0 Å². The molecule has 0 saturated heterocycles. The van der Waals surface area contributed by atoms with Gasteiger partial charge in [0.2, 0.25) is 0 Å². The van der Waals surface area contributed by atoms with Crippen molar-refractivity contribution in [2.24, 2.45) is 0 Å². The Morgan fingerprint density at radius 1 is 1.00 bits per heavy atom. The molecule has 1 atom stereocenters. The van der Waals surface area contributed by atoms with Gasteiger partial charge in [0.25, 0.3) is 5.91 Å². The van der Waals surface area contributed by atoms with Crippen molar-refractivity contribution in [3.63, 3.8) is 0 Å². The first kappa shape index (κ1) is 20.1. The second kappa shape index (κ2) is 8.93. The molecule has 0 aliphatic carbocycles. The Kier molecular flexibility index (Phi) is 6.64. The lowest BCUT2D eigenvalue weighted by atomic mass is 10.2. The lowest BCUT2D eigenvalue weighted by Crippen LogP contribution is -2.32. The molecule has 0 unspecified atom stereocenters. The molecule has 6 nitrogen and oxygen atoms in total. The van der Waals surface area contributed by atoms with Crippen LogP contribution in [0.2, 0.25) is 0 Å². The molecule has 0 bridgehead atoms. The van der Waals surface area contributed by atoms with Crippen molar-refractivity contribution >= 4 is 17.6 Å². The Labute approximate surface area is 152 Å². The van der Waals surface area contributed by atoms with Gasteiger partial charge in [0.15, 0.2) is 30.2 Å². The van der Waals surface area contributed by atoms with Crippen molar-refractivity contribution in [3.8, 4) is 11.5 Å². The van der Waals surface area contributed by atoms with Crippen LogP contribution in [0, 0.1) is 17.5 Å². The van der Waals surface area contributed by atoms with Crippen molar-refractivity contribution in [1.29, 1.82) is 0 Å². The van der Waals surface area contributed by atoms with E-state index in [1.54, 1.807) is 24.3 Å². The average molecular weight is 383 g/mol. The number of carbonyl (C=O) groups excluding carboxylic acids is 2. The maximum atomic E-state index is 13.5. The Bertz CT molecular complexity index is 826. The fourth-order valence-electron chi connectivity index (χ4n) is 1.96. The van der Waals surface area contributed by atoms with Crippen LogP contribution in [0.25, 0.3) is 0 Å². The van der Waals surface area contributed by atoms with Gasteiger partial charge in [-0.1, -0.05) is 0 Å². The van der Waals surface area contributed by atoms with Gasteiger partial charge in [-0.3, -0.25) is 4.79 Å². The molecule has 0 heterocycles. The van der Waals surface area contributed by atoms with Gasteiger partial charge in [0.1, 0.15) is 11.5 Å². The zero-order chi connectivity index (χ0) is 20.0. The lowest BCUT2D eigenvalue weighted by Gasteiger charge is -2.14. The molecule has 1 amide bonds. The van der Waals surface area contributed by atoms with Gasteiger partial charge < -0.3 is 19.5 Å². The number of amides is 1. The van der Waals surface area contributed by atoms with Gasteiger partial charge in [-0.2, -0.15) is 0 Å². The fourth-order valence-corrected chi connectivity index (χ4v) is 1.96. The quantitative estimate of drug-likeness (QED) is 0.588. The normalized spacial score (nSPS) is 11.4. The summed E-state index contributed by atoms with van der Waals surface area (Å²) in [5, 5.41) is 2.02. The summed E-state index contributed by atoms with van der Waals surface area (Å²) in [6.07, 6.45) is -1.32. The van der Waals surface area contributed by atoms with Crippen molar-refractivity contribution < 1.29 is 37.0 Å². The molecule has 144 valence electrons. The number of nitrogens with one attached hydrogen (secondary N) is 1. The number of esters is 1. The number of carbonyl (C=O) groups is 2. The molecule has 9 heteroatoms. The highest BCUT2D eigenvalue weighted by Gasteiger charge is 2.21. The first-order chi connectivity index (χ1) is 12.8. The smallest absolute Gasteiger partial charge is 0.344 e. The molecule has 1 N–H and O–H groups in total. The minimum absolute atomic E-state index is 0.383. The summed E-state index contributed by atoms with van der Waals surface area (Å²) < 4.78 is 54.6. The SMILES string of the molecule is COc1ccc(OCC(=O)O[C@@H](C)C(=O)Nc2ccc(F)c(F)c2F)cc1. The molecule has 0 saturated carbocycles. The number of ether oxygens (including phenoxy) is 3. The molecule has 0 aliphatic rings. The molecule has 0 aliphatic heterocycles. The lowest BCUT2D eigenvalue weighted by molar-refractivity contribution is -0.155. The van der Waals surface area contributed by atoms with E-state index >= 15 is 0 Å². The Hall–Kier alpha value is -3.23. The van der Waals surface area contributed by atoms with E-state index in [1.807, 2.05) is 5.32 Å². The molecule has 0 fully saturated rings. The third-order valence-corrected chi connectivity index (χ3v) is 3.39. The maximum absolute atomic E-state index is 13.5. The predicted molar refractivity (Wildman–Crippen MR) is 89.0 cm³/mol. The van der Waals surface area contributed by atoms with Gasteiger partial charge in [-0.25, -0.2) is 18.0 Å². The van der Waals surface area contributed by atoms with Gasteiger partial charge in [-0.15, -0.1) is 0 Å². The minimum atomic E-state index is -1.72. The number of benzene rings is 2. The van der Waals surface area contributed by atoms with Crippen LogP contribution in [-0.4, -0.2) is 31.7 Å². The van der Waals surface area contributed by atoms with E-state index in [4.69, 9.17) is 14.2 Å². The summed E-state index contributed by atoms with van der Waals surface area (Å²) in [5.74, 6) is -5.43. The summed E-state index contributed by atoms with van der Waals surface area (Å²) in [5.41, 5.74) is -0.573. The molecule has 27 heavy (non-hydrogen) atoms. The van der Waals surface area contributed by atoms with Crippen LogP contribution in [0.1, 0.15) is 6.92 Å². The highest BCUT2D eigenvalue weighted by Crippen LogP contribution is 2.20. The van der Waals surface area contributed by atoms with E-state index in [-0.39, 0.29) is 0 Å². The van der Waals surface area contributed by atoms with E-state index in [9.17, 15) is 22.8 Å². The van der Waals surface area contributed by atoms with Crippen LogP contribution >= 0.6 is 0 Å². The summed E-state index contributed by atoms with van der Waals surface area (Å²) in [6.45, 7) is 0.766. The van der Waals surface area contributed by atoms with E-state index in [1.165, 1.54) is 14.0 Å². The number of methoxy groups -OCH3 is 1. The van der Waals surface area contributed by atoms with E-state index < -0.39 is 47.7 Å². The second-order valence-electron chi connectivity index (χ2n) is 5.31. The molecular weight excluding hydrogens is 367 g/mol. The molecule has 2 aromatic rings. The van der Waals surface area contributed by atoms with Crippen LogP contribution in [0.5, 0.6) is 11.5 Å². The number of hydrogen-bond donors (Lipinski definition) is 1. The topological polar surface area (TPSA) is 73.9 Å². The standard InChI is InChI=1S/C18H16F3NO5/c1-10(18(24)22-14-8-7-13(19)16(20)17(14)21)27-15(23)9-26-12-5-3-11(25-2)4-6-12/h3-8,10H,9H2,1-2H3,(H,22,24)/t10-/m0/s1. The van der Waals surface area contributed by atoms with Crippen LogP contribution in [0.15, 0.2) is 36.4 Å². The van der Waals surface area contributed by atoms with Crippen LogP contribution < -0.4 is 14.8 Å². The first-order valence-electron chi connectivity index (χ1n) is 7.72. The summed E-state index contributed by atoms with van der Waals surface area (Å²) >= 11 is 0. The third-order valence-electron chi connectivity index (χ3n) is 3.39. The highest BCUT2D eigenvalue weighted by molar-refractivity contribution is 5.95. The van der Waals surface area contributed by atoms with Gasteiger partial charge >= 0.3 is 5.97 Å². The Balaban J connectivity index is 1.86. The largest absolute Gasteiger partial charge is 0.497 e. The fraction of sp³-hybridized carbons (Fsp3) is 0.222. The van der Waals surface area contributed by atoms with Gasteiger partial charge in [0, 0.05) is 0 Å². The number of hydrogen-bond acceptors (Lipinski definition) is 5. The van der Waals surface area contributed by atoms with E-state index in [0.717, 1.165) is 6.07 Å². The third kappa shape index (κ3) is 5.37. The Morgan fingerprint density at radius 3 is 2.26 bits per heavy atom. The predicted octanol–water partition coefficient (Wildman–Crippen LogP) is 3.06. The van der Waals surface area contributed by atoms with Gasteiger partial charge in [0.05, 0.1) is 12.8 Å². The average Bonchev–Trinajstić information content (AvgIpc) is 2.67. The first-order valence-corrected chi connectivity index (χ1v) is 7.72. The van der Waals surface area contributed by atoms with Crippen molar-refractivity contribution in [3.05, 3.63) is 53.8 Å². The van der Waals surface area contributed by atoms with Gasteiger partial charge in [-0.05, 0) is 43.3 Å². The monoisotopic (exact) mass is 383 g/mol. The minimum Gasteiger partial charge on any atom is -0.497 e. The van der Waals surface area contributed by atoms with E-state index in [0.29, 0.717) is 17.6 Å². The highest BCUT2D eigenvalue weighted by atomic mass is 19.2. The summed E-state index contributed by atoms with van der Waals surface area (Å²) in [4.78, 5) is 23.7. The molecular formula is C18H16F3NO5. The number of halogens is 3. The second-order valence-corrected chi connectivity index (χ2v) is 5.31. The molecule has 2 rings (SSSR count). The number of anilines is 1. The van der Waals surface area contributed by atoms with Crippen molar-refractivity contribution in [1.82, 2.24) is 0 Å². The Morgan fingerprint density at radius 2 is 1.63 bits per heavy atom. The summed E-state index contributed by atoms with van der Waals surface area (Å²) in [7, 11) is 1.51. The maximum Gasteiger partial charge on any atom is 0.344 e. The molecule has 2 aromatic carbocycles. The zero-order valence-corrected chi connectivity index (χ0v) is 14.4. The molecule has 0 radical (unpaired) electrons. The van der Waals surface area contributed by atoms with Crippen LogP contribution in [0.3, 0.4) is 0 Å². The molecule has 0 spiro atoms. The number of rotatable bonds is 7. The molecule has 0 aromatic heterocycles. The van der Waals surface area contributed by atoms with Crippen LogP contribution in [0.4, 0.5) is 18.9 Å².